The number of aryl methyl sites for hydroxylation is 1. The van der Waals surface area contributed by atoms with E-state index in [0.717, 1.165) is 43.1 Å². The molecule has 6 nitrogen and oxygen atoms in total. The predicted octanol–water partition coefficient (Wildman–Crippen LogP) is 4.25. The van der Waals surface area contributed by atoms with Gasteiger partial charge in [-0.2, -0.15) is 0 Å². The molecule has 0 aliphatic heterocycles. The van der Waals surface area contributed by atoms with E-state index in [4.69, 9.17) is 19.2 Å². The highest BCUT2D eigenvalue weighted by Gasteiger charge is 2.15. The summed E-state index contributed by atoms with van der Waals surface area (Å²) in [5.41, 5.74) is 4.56. The predicted molar refractivity (Wildman–Crippen MR) is 107 cm³/mol. The minimum Gasteiger partial charge on any atom is -0.490 e. The molecule has 7 heteroatoms. The van der Waals surface area contributed by atoms with Gasteiger partial charge in [-0.15, -0.1) is 11.3 Å². The molecule has 4 rings (SSSR count). The summed E-state index contributed by atoms with van der Waals surface area (Å²) in [4.78, 5) is 13.9. The first-order valence-corrected chi connectivity index (χ1v) is 9.34. The van der Waals surface area contributed by atoms with Crippen molar-refractivity contribution in [3.05, 3.63) is 42.1 Å². The molecule has 0 radical (unpaired) electrons. The normalized spacial score (nSPS) is 11.2. The van der Waals surface area contributed by atoms with Gasteiger partial charge in [0.2, 0.25) is 5.88 Å². The second kappa shape index (κ2) is 7.46. The lowest BCUT2D eigenvalue weighted by Gasteiger charge is -2.06. The second-order valence-corrected chi connectivity index (χ2v) is 7.06. The summed E-state index contributed by atoms with van der Waals surface area (Å²) in [6.45, 7) is 3.08. The first kappa shape index (κ1) is 17.6. The molecule has 2 heterocycles. The Morgan fingerprint density at radius 2 is 1.93 bits per heavy atom. The van der Waals surface area contributed by atoms with Gasteiger partial charge >= 0.3 is 0 Å². The maximum Gasteiger partial charge on any atom is 0.232 e. The summed E-state index contributed by atoms with van der Waals surface area (Å²) >= 11 is 1.59. The number of aromatic nitrogens is 3. The number of ether oxygens (including phenoxy) is 3. The molecule has 27 heavy (non-hydrogen) atoms. The van der Waals surface area contributed by atoms with E-state index in [1.807, 2.05) is 31.2 Å². The van der Waals surface area contributed by atoms with Crippen LogP contribution in [-0.2, 0) is 4.74 Å². The van der Waals surface area contributed by atoms with Gasteiger partial charge < -0.3 is 14.2 Å². The molecule has 0 saturated carbocycles. The lowest BCUT2D eigenvalue weighted by atomic mass is 10.1. The first-order valence-electron chi connectivity index (χ1n) is 8.52. The fourth-order valence-corrected chi connectivity index (χ4v) is 3.95. The molecular formula is C20H19N3O3S. The van der Waals surface area contributed by atoms with Crippen LogP contribution >= 0.6 is 11.3 Å². The smallest absolute Gasteiger partial charge is 0.232 e. The first-order chi connectivity index (χ1) is 13.2. The van der Waals surface area contributed by atoms with Gasteiger partial charge in [0.25, 0.3) is 0 Å². The van der Waals surface area contributed by atoms with Gasteiger partial charge in [0.05, 0.1) is 41.2 Å². The van der Waals surface area contributed by atoms with Crippen LogP contribution in [0, 0.1) is 6.92 Å². The van der Waals surface area contributed by atoms with Gasteiger partial charge in [0.15, 0.2) is 0 Å². The molecule has 2 aromatic heterocycles. The lowest BCUT2D eigenvalue weighted by molar-refractivity contribution is 0.147. The molecule has 0 fully saturated rings. The van der Waals surface area contributed by atoms with Gasteiger partial charge in [-0.1, -0.05) is 6.07 Å². The lowest BCUT2D eigenvalue weighted by Crippen LogP contribution is -2.04. The summed E-state index contributed by atoms with van der Waals surface area (Å²) in [6.07, 6.45) is 1.63. The number of hydrogen-bond donors (Lipinski definition) is 0. The van der Waals surface area contributed by atoms with E-state index in [-0.39, 0.29) is 0 Å². The van der Waals surface area contributed by atoms with Crippen molar-refractivity contribution in [2.75, 3.05) is 27.4 Å². The van der Waals surface area contributed by atoms with Crippen molar-refractivity contribution in [2.24, 2.45) is 0 Å². The monoisotopic (exact) mass is 381 g/mol. The Morgan fingerprint density at radius 1 is 1.04 bits per heavy atom. The summed E-state index contributed by atoms with van der Waals surface area (Å²) < 4.78 is 17.1. The molecule has 0 amide bonds. The van der Waals surface area contributed by atoms with Crippen molar-refractivity contribution in [3.8, 4) is 22.2 Å². The van der Waals surface area contributed by atoms with E-state index in [0.29, 0.717) is 19.1 Å². The van der Waals surface area contributed by atoms with Crippen LogP contribution in [0.4, 0.5) is 0 Å². The van der Waals surface area contributed by atoms with E-state index in [1.165, 1.54) is 0 Å². The van der Waals surface area contributed by atoms with Crippen molar-refractivity contribution in [1.29, 1.82) is 0 Å². The topological polar surface area (TPSA) is 66.4 Å². The maximum absolute atomic E-state index is 5.85. The van der Waals surface area contributed by atoms with Crippen LogP contribution in [0.15, 0.2) is 36.5 Å². The van der Waals surface area contributed by atoms with E-state index >= 15 is 0 Å². The average Bonchev–Trinajstić information content (AvgIpc) is 3.12. The Kier molecular flexibility index (Phi) is 4.87. The molecule has 0 aliphatic carbocycles. The zero-order valence-corrected chi connectivity index (χ0v) is 16.2. The molecule has 138 valence electrons. The van der Waals surface area contributed by atoms with Crippen molar-refractivity contribution in [1.82, 2.24) is 15.0 Å². The standard InChI is InChI=1S/C20H19N3O3S/c1-12-9-13(18-15(10-12)22-17(25-3)11-21-18)20-23-14-5-4-6-16(19(14)27-20)26-8-7-24-2/h4-6,9-11H,7-8H2,1-3H3. The highest BCUT2D eigenvalue weighted by atomic mass is 32.1. The minimum atomic E-state index is 0.497. The number of nitrogens with zero attached hydrogens (tertiary/aromatic N) is 3. The van der Waals surface area contributed by atoms with Crippen LogP contribution in [0.5, 0.6) is 11.6 Å². The molecule has 0 aliphatic rings. The van der Waals surface area contributed by atoms with Gasteiger partial charge in [0, 0.05) is 12.7 Å². The Balaban J connectivity index is 1.83. The average molecular weight is 381 g/mol. The van der Waals surface area contributed by atoms with Crippen LogP contribution in [0.25, 0.3) is 31.8 Å². The van der Waals surface area contributed by atoms with Gasteiger partial charge in [-0.25, -0.2) is 15.0 Å². The minimum absolute atomic E-state index is 0.497. The highest BCUT2D eigenvalue weighted by molar-refractivity contribution is 7.22. The SMILES string of the molecule is COCCOc1cccc2nc(-c3cc(C)cc4nc(OC)cnc34)sc12. The van der Waals surface area contributed by atoms with E-state index in [1.54, 1.807) is 31.8 Å². The van der Waals surface area contributed by atoms with E-state index in [2.05, 4.69) is 16.0 Å². The highest BCUT2D eigenvalue weighted by Crippen LogP contribution is 2.38. The Morgan fingerprint density at radius 3 is 2.74 bits per heavy atom. The molecule has 0 unspecified atom stereocenters. The number of hydrogen-bond acceptors (Lipinski definition) is 7. The van der Waals surface area contributed by atoms with Crippen molar-refractivity contribution in [2.45, 2.75) is 6.92 Å². The van der Waals surface area contributed by atoms with Crippen molar-refractivity contribution >= 4 is 32.6 Å². The third-order valence-corrected chi connectivity index (χ3v) is 5.25. The fourth-order valence-electron chi connectivity index (χ4n) is 2.90. The summed E-state index contributed by atoms with van der Waals surface area (Å²) in [7, 11) is 3.25. The number of methoxy groups -OCH3 is 2. The van der Waals surface area contributed by atoms with Crippen molar-refractivity contribution < 1.29 is 14.2 Å². The zero-order valence-electron chi connectivity index (χ0n) is 15.4. The van der Waals surface area contributed by atoms with Crippen LogP contribution in [-0.4, -0.2) is 42.4 Å². The second-order valence-electron chi connectivity index (χ2n) is 6.06. The summed E-state index contributed by atoms with van der Waals surface area (Å²) in [5.74, 6) is 1.31. The number of thiazole rings is 1. The largest absolute Gasteiger partial charge is 0.490 e. The number of benzene rings is 2. The van der Waals surface area contributed by atoms with Gasteiger partial charge in [-0.05, 0) is 36.8 Å². The molecule has 0 bridgehead atoms. The zero-order chi connectivity index (χ0) is 18.8. The Bertz CT molecular complexity index is 1110. The molecule has 4 aromatic rings. The quantitative estimate of drug-likeness (QED) is 0.465. The van der Waals surface area contributed by atoms with E-state index < -0.39 is 0 Å². The summed E-state index contributed by atoms with van der Waals surface area (Å²) in [6, 6.07) is 9.99. The third-order valence-electron chi connectivity index (χ3n) is 4.13. The summed E-state index contributed by atoms with van der Waals surface area (Å²) in [5, 5.41) is 0.890. The molecular weight excluding hydrogens is 362 g/mol. The van der Waals surface area contributed by atoms with E-state index in [9.17, 15) is 0 Å². The Labute approximate surface area is 160 Å². The van der Waals surface area contributed by atoms with Crippen LogP contribution in [0.1, 0.15) is 5.56 Å². The van der Waals surface area contributed by atoms with Crippen molar-refractivity contribution in [3.63, 3.8) is 0 Å². The third kappa shape index (κ3) is 3.43. The van der Waals surface area contributed by atoms with Crippen LogP contribution in [0.2, 0.25) is 0 Å². The maximum atomic E-state index is 5.85. The fraction of sp³-hybridized carbons (Fsp3) is 0.250. The Hall–Kier alpha value is -2.77. The molecule has 0 spiro atoms. The molecule has 0 saturated heterocycles. The van der Waals surface area contributed by atoms with Crippen LogP contribution in [0.3, 0.4) is 0 Å². The van der Waals surface area contributed by atoms with Gasteiger partial charge in [-0.3, -0.25) is 0 Å². The number of rotatable bonds is 6. The van der Waals surface area contributed by atoms with Gasteiger partial charge in [0.1, 0.15) is 17.4 Å². The number of fused-ring (bicyclic) bond motifs is 2. The van der Waals surface area contributed by atoms with Crippen LogP contribution < -0.4 is 9.47 Å². The molecule has 2 aromatic carbocycles. The molecule has 0 atom stereocenters. The molecule has 0 N–H and O–H groups in total.